The van der Waals surface area contributed by atoms with Crippen molar-refractivity contribution in [3.05, 3.63) is 48.0 Å². The van der Waals surface area contributed by atoms with Crippen LogP contribution in [0.3, 0.4) is 0 Å². The molecule has 10 heteroatoms. The van der Waals surface area contributed by atoms with Crippen LogP contribution in [0.2, 0.25) is 0 Å². The summed E-state index contributed by atoms with van der Waals surface area (Å²) < 4.78 is 14.4. The van der Waals surface area contributed by atoms with Gasteiger partial charge in [-0.25, -0.2) is 9.59 Å². The third-order valence-corrected chi connectivity index (χ3v) is 5.70. The Morgan fingerprint density at radius 3 is 2.09 bits per heavy atom. The lowest BCUT2D eigenvalue weighted by Gasteiger charge is -2.30. The molecular formula is C24H30N2O8. The van der Waals surface area contributed by atoms with Gasteiger partial charge in [0.15, 0.2) is 11.3 Å². The van der Waals surface area contributed by atoms with Gasteiger partial charge in [-0.15, -0.1) is 0 Å². The largest absolute Gasteiger partial charge is 0.468 e. The molecule has 2 aliphatic rings. The number of hydrogen-bond donors (Lipinski definition) is 2. The zero-order valence-corrected chi connectivity index (χ0v) is 19.3. The first-order valence-electron chi connectivity index (χ1n) is 10.8. The predicted octanol–water partition coefficient (Wildman–Crippen LogP) is 1.74. The van der Waals surface area contributed by atoms with Gasteiger partial charge in [-0.3, -0.25) is 14.4 Å². The van der Waals surface area contributed by atoms with Crippen LogP contribution in [0.1, 0.15) is 44.1 Å². The van der Waals surface area contributed by atoms with Crippen molar-refractivity contribution in [2.45, 2.75) is 56.2 Å². The molecule has 1 aromatic carbocycles. The standard InChI is InChI=1S/C16H17NO5.C8H13NO3/c1-21-14(19)16(9-7-13(18)8-10-16)17-15(20)22-11-12-5-3-2-4-6-12;1-12-7(11)8(9)4-2-6(10)3-5-8/h2-7,9H,8,10-11H2,1H3,(H,17,20);2-5,9H2,1H3. The van der Waals surface area contributed by atoms with E-state index in [4.69, 9.17) is 15.2 Å². The number of ether oxygens (including phenoxy) is 3. The Labute approximate surface area is 197 Å². The van der Waals surface area contributed by atoms with Crippen LogP contribution >= 0.6 is 0 Å². The van der Waals surface area contributed by atoms with Crippen LogP contribution in [0, 0.1) is 0 Å². The maximum Gasteiger partial charge on any atom is 0.408 e. The van der Waals surface area contributed by atoms with E-state index in [0.717, 1.165) is 5.56 Å². The van der Waals surface area contributed by atoms with Crippen molar-refractivity contribution in [1.82, 2.24) is 5.32 Å². The molecule has 0 spiro atoms. The predicted molar refractivity (Wildman–Crippen MR) is 120 cm³/mol. The number of amides is 1. The van der Waals surface area contributed by atoms with Crippen LogP contribution in [-0.4, -0.2) is 54.9 Å². The van der Waals surface area contributed by atoms with Gasteiger partial charge < -0.3 is 25.3 Å². The number of methoxy groups -OCH3 is 2. The number of carbonyl (C=O) groups is 5. The van der Waals surface area contributed by atoms with Crippen LogP contribution in [0.15, 0.2) is 42.5 Å². The highest BCUT2D eigenvalue weighted by Gasteiger charge is 2.41. The number of nitrogens with two attached hydrogens (primary N) is 1. The Bertz CT molecular complexity index is 934. The van der Waals surface area contributed by atoms with E-state index in [1.807, 2.05) is 30.3 Å². The lowest BCUT2D eigenvalue weighted by Crippen LogP contribution is -2.55. The third kappa shape index (κ3) is 7.24. The van der Waals surface area contributed by atoms with Gasteiger partial charge in [0.1, 0.15) is 17.9 Å². The molecule has 1 fully saturated rings. The average Bonchev–Trinajstić information content (AvgIpc) is 2.86. The molecule has 0 aromatic heterocycles. The fourth-order valence-corrected chi connectivity index (χ4v) is 3.55. The molecule has 10 nitrogen and oxygen atoms in total. The number of rotatable bonds is 5. The van der Waals surface area contributed by atoms with Crippen LogP contribution in [-0.2, 0) is 40.0 Å². The van der Waals surface area contributed by atoms with Crippen LogP contribution < -0.4 is 11.1 Å². The first-order chi connectivity index (χ1) is 16.1. The lowest BCUT2D eigenvalue weighted by molar-refractivity contribution is -0.149. The van der Waals surface area contributed by atoms with E-state index in [2.05, 4.69) is 10.1 Å². The first-order valence-corrected chi connectivity index (χ1v) is 10.8. The molecule has 0 radical (unpaired) electrons. The summed E-state index contributed by atoms with van der Waals surface area (Å²) >= 11 is 0. The molecule has 1 atom stereocenters. The van der Waals surface area contributed by atoms with Crippen molar-refractivity contribution < 1.29 is 38.2 Å². The second kappa shape index (κ2) is 12.1. The minimum Gasteiger partial charge on any atom is -0.468 e. The molecule has 34 heavy (non-hydrogen) atoms. The molecule has 3 N–H and O–H groups in total. The fourth-order valence-electron chi connectivity index (χ4n) is 3.55. The van der Waals surface area contributed by atoms with E-state index >= 15 is 0 Å². The number of esters is 2. The summed E-state index contributed by atoms with van der Waals surface area (Å²) in [5, 5.41) is 2.50. The van der Waals surface area contributed by atoms with Crippen LogP contribution in [0.25, 0.3) is 0 Å². The molecule has 3 rings (SSSR count). The minimum absolute atomic E-state index is 0.0899. The van der Waals surface area contributed by atoms with Crippen molar-refractivity contribution in [3.8, 4) is 0 Å². The molecule has 1 unspecified atom stereocenters. The van der Waals surface area contributed by atoms with E-state index in [-0.39, 0.29) is 31.0 Å². The van der Waals surface area contributed by atoms with Crippen molar-refractivity contribution in [2.24, 2.45) is 5.73 Å². The highest BCUT2D eigenvalue weighted by atomic mass is 16.6. The summed E-state index contributed by atoms with van der Waals surface area (Å²) in [6.07, 6.45) is 3.81. The summed E-state index contributed by atoms with van der Waals surface area (Å²) in [6, 6.07) is 9.18. The van der Waals surface area contributed by atoms with Crippen molar-refractivity contribution in [1.29, 1.82) is 0 Å². The second-order valence-corrected chi connectivity index (χ2v) is 8.14. The number of hydrogen-bond acceptors (Lipinski definition) is 9. The Kier molecular flexibility index (Phi) is 9.49. The quantitative estimate of drug-likeness (QED) is 0.480. The van der Waals surface area contributed by atoms with Gasteiger partial charge in [-0.2, -0.15) is 0 Å². The van der Waals surface area contributed by atoms with Gasteiger partial charge >= 0.3 is 18.0 Å². The molecule has 0 bridgehead atoms. The highest BCUT2D eigenvalue weighted by Crippen LogP contribution is 2.25. The van der Waals surface area contributed by atoms with Gasteiger partial charge in [0, 0.05) is 19.3 Å². The zero-order valence-electron chi connectivity index (χ0n) is 19.3. The van der Waals surface area contributed by atoms with Gasteiger partial charge in [-0.1, -0.05) is 30.3 Å². The third-order valence-electron chi connectivity index (χ3n) is 5.70. The number of alkyl carbamates (subject to hydrolysis) is 1. The zero-order chi connectivity index (χ0) is 25.2. The van der Waals surface area contributed by atoms with E-state index in [1.165, 1.54) is 26.4 Å². The van der Waals surface area contributed by atoms with Crippen molar-refractivity contribution in [2.75, 3.05) is 14.2 Å². The number of Topliss-reactive ketones (excluding diaryl/α,β-unsaturated/α-hetero) is 1. The fraction of sp³-hybridized carbons (Fsp3) is 0.458. The lowest BCUT2D eigenvalue weighted by atomic mass is 9.82. The van der Waals surface area contributed by atoms with Crippen molar-refractivity contribution >= 4 is 29.6 Å². The van der Waals surface area contributed by atoms with Gasteiger partial charge in [0.2, 0.25) is 0 Å². The minimum atomic E-state index is -1.35. The molecule has 184 valence electrons. The van der Waals surface area contributed by atoms with E-state index < -0.39 is 29.1 Å². The normalized spacial score (nSPS) is 20.9. The Morgan fingerprint density at radius 1 is 0.941 bits per heavy atom. The molecule has 1 saturated carbocycles. The summed E-state index contributed by atoms with van der Waals surface area (Å²) in [6.45, 7) is 0.0899. The summed E-state index contributed by atoms with van der Waals surface area (Å²) in [5.41, 5.74) is 4.32. The van der Waals surface area contributed by atoms with Gasteiger partial charge in [0.05, 0.1) is 14.2 Å². The van der Waals surface area contributed by atoms with Gasteiger partial charge in [0.25, 0.3) is 0 Å². The SMILES string of the molecule is COC(=O)C1(N)CCC(=O)CC1.COC(=O)C1(NC(=O)OCc2ccccc2)C=CC(=O)CC1. The molecule has 0 aliphatic heterocycles. The topological polar surface area (TPSA) is 151 Å². The number of nitrogens with one attached hydrogen (secondary N) is 1. The summed E-state index contributed by atoms with van der Waals surface area (Å²) in [5.74, 6) is -0.957. The van der Waals surface area contributed by atoms with Crippen LogP contribution in [0.5, 0.6) is 0 Å². The number of ketones is 2. The first kappa shape index (κ1) is 26.7. The molecule has 0 heterocycles. The maximum atomic E-state index is 12.0. The number of benzene rings is 1. The Morgan fingerprint density at radius 2 is 1.56 bits per heavy atom. The Balaban J connectivity index is 0.000000287. The maximum absolute atomic E-state index is 12.0. The Hall–Kier alpha value is -3.53. The molecule has 1 amide bonds. The molecular weight excluding hydrogens is 444 g/mol. The molecule has 0 saturated heterocycles. The smallest absolute Gasteiger partial charge is 0.408 e. The average molecular weight is 475 g/mol. The molecule has 1 aromatic rings. The molecule has 2 aliphatic carbocycles. The van der Waals surface area contributed by atoms with E-state index in [9.17, 15) is 24.0 Å². The van der Waals surface area contributed by atoms with E-state index in [1.54, 1.807) is 0 Å². The summed E-state index contributed by atoms with van der Waals surface area (Å²) in [4.78, 5) is 57.1. The summed E-state index contributed by atoms with van der Waals surface area (Å²) in [7, 11) is 2.54. The number of allylic oxidation sites excluding steroid dienone is 1. The number of carbonyl (C=O) groups excluding carboxylic acids is 5. The van der Waals surface area contributed by atoms with Crippen LogP contribution in [0.4, 0.5) is 4.79 Å². The van der Waals surface area contributed by atoms with Crippen molar-refractivity contribution in [3.63, 3.8) is 0 Å². The highest BCUT2D eigenvalue weighted by molar-refractivity contribution is 5.96. The second-order valence-electron chi connectivity index (χ2n) is 8.14. The van der Waals surface area contributed by atoms with E-state index in [0.29, 0.717) is 25.7 Å². The monoisotopic (exact) mass is 474 g/mol. The van der Waals surface area contributed by atoms with Gasteiger partial charge in [-0.05, 0) is 37.0 Å².